The Morgan fingerprint density at radius 2 is 1.93 bits per heavy atom. The predicted octanol–water partition coefficient (Wildman–Crippen LogP) is 3.59. The molecular formula is C20H27NO6S. The average molecular weight is 410 g/mol. The summed E-state index contributed by atoms with van der Waals surface area (Å²) in [6.07, 6.45) is 1.97. The van der Waals surface area contributed by atoms with Gasteiger partial charge in [0.1, 0.15) is 5.76 Å². The van der Waals surface area contributed by atoms with E-state index in [0.29, 0.717) is 31.0 Å². The highest BCUT2D eigenvalue weighted by molar-refractivity contribution is 7.87. The van der Waals surface area contributed by atoms with Gasteiger partial charge in [0.05, 0.1) is 25.7 Å². The van der Waals surface area contributed by atoms with Gasteiger partial charge in [0.2, 0.25) is 5.91 Å². The molecule has 1 aromatic carbocycles. The van der Waals surface area contributed by atoms with Gasteiger partial charge in [0.15, 0.2) is 11.5 Å². The summed E-state index contributed by atoms with van der Waals surface area (Å²) < 4.78 is 39.4. The minimum absolute atomic E-state index is 0.00846. The highest BCUT2D eigenvalue weighted by atomic mass is 32.2. The Balaban J connectivity index is 2.28. The molecule has 0 N–H and O–H groups in total. The zero-order valence-corrected chi connectivity index (χ0v) is 17.5. The molecule has 0 aliphatic carbocycles. The fourth-order valence-electron chi connectivity index (χ4n) is 2.60. The van der Waals surface area contributed by atoms with Crippen LogP contribution in [-0.2, 0) is 28.0 Å². The lowest BCUT2D eigenvalue weighted by atomic mass is 10.1. The van der Waals surface area contributed by atoms with Gasteiger partial charge in [-0.15, -0.1) is 0 Å². The lowest BCUT2D eigenvalue weighted by Gasteiger charge is -2.23. The molecule has 1 amide bonds. The maximum atomic E-state index is 12.7. The molecule has 0 spiro atoms. The van der Waals surface area contributed by atoms with Crippen molar-refractivity contribution in [1.29, 1.82) is 0 Å². The van der Waals surface area contributed by atoms with Gasteiger partial charge < -0.3 is 18.2 Å². The van der Waals surface area contributed by atoms with Gasteiger partial charge in [0, 0.05) is 13.0 Å². The summed E-state index contributed by atoms with van der Waals surface area (Å²) >= 11 is 0. The number of carbonyl (C=O) groups excluding carboxylic acids is 1. The van der Waals surface area contributed by atoms with E-state index < -0.39 is 10.1 Å². The van der Waals surface area contributed by atoms with Gasteiger partial charge in [0.25, 0.3) is 0 Å². The fraction of sp³-hybridized carbons (Fsp3) is 0.450. The Kier molecular flexibility index (Phi) is 7.51. The van der Waals surface area contributed by atoms with Gasteiger partial charge in [-0.2, -0.15) is 8.42 Å². The van der Waals surface area contributed by atoms with Crippen LogP contribution in [0.1, 0.15) is 38.5 Å². The lowest BCUT2D eigenvalue weighted by Crippen LogP contribution is -2.30. The average Bonchev–Trinajstić information content (AvgIpc) is 3.13. The van der Waals surface area contributed by atoms with Crippen LogP contribution in [-0.4, -0.2) is 32.1 Å². The minimum Gasteiger partial charge on any atom is -0.493 e. The van der Waals surface area contributed by atoms with Crippen LogP contribution < -0.4 is 8.92 Å². The maximum absolute atomic E-state index is 12.7. The van der Waals surface area contributed by atoms with E-state index in [9.17, 15) is 13.2 Å². The van der Waals surface area contributed by atoms with E-state index in [4.69, 9.17) is 13.3 Å². The van der Waals surface area contributed by atoms with Crippen LogP contribution in [0.15, 0.2) is 41.0 Å². The molecule has 0 atom stereocenters. The summed E-state index contributed by atoms with van der Waals surface area (Å²) in [5.41, 5.74) is 0.728. The van der Waals surface area contributed by atoms with E-state index in [1.807, 2.05) is 19.9 Å². The van der Waals surface area contributed by atoms with Gasteiger partial charge in [-0.05, 0) is 42.7 Å². The molecule has 154 valence electrons. The third kappa shape index (κ3) is 6.30. The number of rotatable bonds is 10. The fourth-order valence-corrected chi connectivity index (χ4v) is 3.12. The highest BCUT2D eigenvalue weighted by Gasteiger charge is 2.19. The third-order valence-electron chi connectivity index (χ3n) is 4.03. The van der Waals surface area contributed by atoms with Crippen molar-refractivity contribution >= 4 is 16.0 Å². The standard InChI is InChI=1S/C20H27NO6S/c1-5-28(23,24)27-19-12-16(8-9-18(19)25-4)13-21(20(22)11-15(2)3)14-17-7-6-10-26-17/h6-10,12,15H,5,11,13-14H2,1-4H3. The van der Waals surface area contributed by atoms with Gasteiger partial charge >= 0.3 is 10.1 Å². The smallest absolute Gasteiger partial charge is 0.309 e. The second-order valence-electron chi connectivity index (χ2n) is 6.84. The Morgan fingerprint density at radius 1 is 1.18 bits per heavy atom. The number of amides is 1. The van der Waals surface area contributed by atoms with Crippen LogP contribution in [0.4, 0.5) is 0 Å². The molecule has 0 saturated carbocycles. The quantitative estimate of drug-likeness (QED) is 0.558. The van der Waals surface area contributed by atoms with Crippen molar-refractivity contribution in [2.75, 3.05) is 12.9 Å². The normalized spacial score (nSPS) is 11.5. The monoisotopic (exact) mass is 409 g/mol. The molecule has 2 aromatic rings. The van der Waals surface area contributed by atoms with E-state index in [0.717, 1.165) is 5.56 Å². The number of hydrogen-bond acceptors (Lipinski definition) is 6. The van der Waals surface area contributed by atoms with Crippen molar-refractivity contribution in [3.05, 3.63) is 47.9 Å². The molecule has 0 radical (unpaired) electrons. The van der Waals surface area contributed by atoms with E-state index in [1.165, 1.54) is 14.0 Å². The SMILES string of the molecule is CCS(=O)(=O)Oc1cc(CN(Cc2ccco2)C(=O)CC(C)C)ccc1OC. The van der Waals surface area contributed by atoms with Crippen molar-refractivity contribution < 1.29 is 26.5 Å². The summed E-state index contributed by atoms with van der Waals surface area (Å²) in [5.74, 6) is 1.15. The van der Waals surface area contributed by atoms with Gasteiger partial charge in [-0.25, -0.2) is 0 Å². The lowest BCUT2D eigenvalue weighted by molar-refractivity contribution is -0.133. The molecule has 28 heavy (non-hydrogen) atoms. The van der Waals surface area contributed by atoms with E-state index in [-0.39, 0.29) is 23.3 Å². The predicted molar refractivity (Wildman–Crippen MR) is 105 cm³/mol. The Labute approximate surface area is 166 Å². The highest BCUT2D eigenvalue weighted by Crippen LogP contribution is 2.30. The number of hydrogen-bond donors (Lipinski definition) is 0. The number of methoxy groups -OCH3 is 1. The first-order valence-electron chi connectivity index (χ1n) is 9.13. The summed E-state index contributed by atoms with van der Waals surface area (Å²) in [7, 11) is -2.26. The van der Waals surface area contributed by atoms with Crippen LogP contribution >= 0.6 is 0 Å². The second-order valence-corrected chi connectivity index (χ2v) is 8.70. The molecule has 0 unspecified atom stereocenters. The van der Waals surface area contributed by atoms with Crippen LogP contribution in [0.5, 0.6) is 11.5 Å². The van der Waals surface area contributed by atoms with Crippen molar-refractivity contribution in [2.24, 2.45) is 5.92 Å². The Bertz CT molecular complexity index is 874. The van der Waals surface area contributed by atoms with E-state index >= 15 is 0 Å². The van der Waals surface area contributed by atoms with Crippen molar-refractivity contribution in [3.8, 4) is 11.5 Å². The number of furan rings is 1. The van der Waals surface area contributed by atoms with Crippen LogP contribution in [0, 0.1) is 5.92 Å². The van der Waals surface area contributed by atoms with Crippen LogP contribution in [0.2, 0.25) is 0 Å². The molecule has 0 saturated heterocycles. The van der Waals surface area contributed by atoms with E-state index in [2.05, 4.69) is 0 Å². The van der Waals surface area contributed by atoms with Crippen LogP contribution in [0.25, 0.3) is 0 Å². The molecule has 0 fully saturated rings. The number of carbonyl (C=O) groups is 1. The molecule has 8 heteroatoms. The molecule has 0 bridgehead atoms. The van der Waals surface area contributed by atoms with Crippen molar-refractivity contribution in [3.63, 3.8) is 0 Å². The van der Waals surface area contributed by atoms with Crippen molar-refractivity contribution in [1.82, 2.24) is 4.90 Å². The minimum atomic E-state index is -3.70. The van der Waals surface area contributed by atoms with Gasteiger partial charge in [-0.3, -0.25) is 4.79 Å². The second kappa shape index (κ2) is 9.64. The number of benzene rings is 1. The summed E-state index contributed by atoms with van der Waals surface area (Å²) in [6.45, 7) is 6.09. The largest absolute Gasteiger partial charge is 0.493 e. The van der Waals surface area contributed by atoms with Crippen LogP contribution in [0.3, 0.4) is 0 Å². The number of ether oxygens (including phenoxy) is 1. The van der Waals surface area contributed by atoms with Gasteiger partial charge in [-0.1, -0.05) is 19.9 Å². The maximum Gasteiger partial charge on any atom is 0.309 e. The van der Waals surface area contributed by atoms with E-state index in [1.54, 1.807) is 35.4 Å². The first-order chi connectivity index (χ1) is 13.2. The molecule has 0 aliphatic heterocycles. The van der Waals surface area contributed by atoms with Crippen molar-refractivity contribution in [2.45, 2.75) is 40.3 Å². The molecule has 7 nitrogen and oxygen atoms in total. The summed E-state index contributed by atoms with van der Waals surface area (Å²) in [6, 6.07) is 8.58. The molecule has 2 rings (SSSR count). The zero-order chi connectivity index (χ0) is 20.7. The first kappa shape index (κ1) is 21.8. The summed E-state index contributed by atoms with van der Waals surface area (Å²) in [4.78, 5) is 14.4. The molecular weight excluding hydrogens is 382 g/mol. The number of nitrogens with zero attached hydrogens (tertiary/aromatic N) is 1. The molecule has 0 aliphatic rings. The zero-order valence-electron chi connectivity index (χ0n) is 16.7. The first-order valence-corrected chi connectivity index (χ1v) is 10.7. The molecule has 1 heterocycles. The third-order valence-corrected chi connectivity index (χ3v) is 5.17. The topological polar surface area (TPSA) is 86.1 Å². The molecule has 1 aromatic heterocycles. The Morgan fingerprint density at radius 3 is 2.50 bits per heavy atom. The summed E-state index contributed by atoms with van der Waals surface area (Å²) in [5, 5.41) is 0. The Hall–Kier alpha value is -2.48.